The van der Waals surface area contributed by atoms with Gasteiger partial charge in [0.1, 0.15) is 12.4 Å². The zero-order chi connectivity index (χ0) is 14.5. The minimum absolute atomic E-state index is 0.619. The molecule has 3 heteroatoms. The summed E-state index contributed by atoms with van der Waals surface area (Å²) in [5.74, 6) is 0.856. The van der Waals surface area contributed by atoms with Gasteiger partial charge < -0.3 is 10.1 Å². The van der Waals surface area contributed by atoms with Crippen molar-refractivity contribution in [3.05, 3.63) is 58.1 Å². The number of hydrogen-bond donors (Lipinski definition) is 1. The highest BCUT2D eigenvalue weighted by molar-refractivity contribution is 6.31. The Kier molecular flexibility index (Phi) is 4.91. The van der Waals surface area contributed by atoms with Crippen molar-refractivity contribution >= 4 is 17.3 Å². The van der Waals surface area contributed by atoms with Crippen LogP contribution in [0.1, 0.15) is 16.7 Å². The van der Waals surface area contributed by atoms with Gasteiger partial charge in [0.2, 0.25) is 0 Å². The van der Waals surface area contributed by atoms with E-state index in [2.05, 4.69) is 37.4 Å². The van der Waals surface area contributed by atoms with Crippen LogP contribution in [0.3, 0.4) is 0 Å². The van der Waals surface area contributed by atoms with Gasteiger partial charge in [-0.3, -0.25) is 0 Å². The zero-order valence-electron chi connectivity index (χ0n) is 12.2. The van der Waals surface area contributed by atoms with Gasteiger partial charge in [-0.25, -0.2) is 0 Å². The first-order chi connectivity index (χ1) is 9.54. The summed E-state index contributed by atoms with van der Waals surface area (Å²) in [5, 5.41) is 4.14. The summed E-state index contributed by atoms with van der Waals surface area (Å²) >= 11 is 5.98. The quantitative estimate of drug-likeness (QED) is 0.802. The van der Waals surface area contributed by atoms with Gasteiger partial charge in [-0.15, -0.1) is 0 Å². The molecule has 1 N–H and O–H groups in total. The summed E-state index contributed by atoms with van der Waals surface area (Å²) in [5.41, 5.74) is 4.70. The predicted molar refractivity (Wildman–Crippen MR) is 86.1 cm³/mol. The first-order valence-electron chi connectivity index (χ1n) is 6.76. The average Bonchev–Trinajstić information content (AvgIpc) is 2.38. The molecule has 106 valence electrons. The van der Waals surface area contributed by atoms with Gasteiger partial charge in [-0.05, 0) is 67.8 Å². The number of aryl methyl sites for hydroxylation is 3. The van der Waals surface area contributed by atoms with Gasteiger partial charge >= 0.3 is 0 Å². The van der Waals surface area contributed by atoms with E-state index in [0.29, 0.717) is 6.61 Å². The molecule has 0 atom stereocenters. The van der Waals surface area contributed by atoms with Crippen molar-refractivity contribution in [1.29, 1.82) is 0 Å². The summed E-state index contributed by atoms with van der Waals surface area (Å²) in [7, 11) is 0. The maximum atomic E-state index is 5.98. The molecule has 2 aromatic carbocycles. The van der Waals surface area contributed by atoms with Crippen molar-refractivity contribution in [2.24, 2.45) is 0 Å². The largest absolute Gasteiger partial charge is 0.492 e. The van der Waals surface area contributed by atoms with Crippen molar-refractivity contribution < 1.29 is 4.74 Å². The molecule has 0 aromatic heterocycles. The van der Waals surface area contributed by atoms with Crippen LogP contribution in [0, 0.1) is 20.8 Å². The van der Waals surface area contributed by atoms with Crippen LogP contribution in [0.25, 0.3) is 0 Å². The first kappa shape index (κ1) is 14.7. The lowest BCUT2D eigenvalue weighted by Gasteiger charge is -2.10. The third-order valence-electron chi connectivity index (χ3n) is 3.05. The second-order valence-electron chi connectivity index (χ2n) is 5.06. The molecule has 0 saturated heterocycles. The predicted octanol–water partition coefficient (Wildman–Crippen LogP) is 4.76. The summed E-state index contributed by atoms with van der Waals surface area (Å²) in [4.78, 5) is 0. The zero-order valence-corrected chi connectivity index (χ0v) is 12.9. The fraction of sp³-hybridized carbons (Fsp3) is 0.294. The Morgan fingerprint density at radius 2 is 1.70 bits per heavy atom. The molecule has 0 aliphatic carbocycles. The van der Waals surface area contributed by atoms with Crippen LogP contribution in [0.5, 0.6) is 5.75 Å². The average molecular weight is 290 g/mol. The Morgan fingerprint density at radius 3 is 2.35 bits per heavy atom. The molecule has 20 heavy (non-hydrogen) atoms. The normalized spacial score (nSPS) is 10.4. The van der Waals surface area contributed by atoms with E-state index in [1.54, 1.807) is 0 Å². The highest BCUT2D eigenvalue weighted by Gasteiger charge is 1.99. The molecule has 0 amide bonds. The minimum Gasteiger partial charge on any atom is -0.492 e. The molecule has 0 bridgehead atoms. The molecule has 2 aromatic rings. The Balaban J connectivity index is 1.82. The van der Waals surface area contributed by atoms with Crippen molar-refractivity contribution in [3.63, 3.8) is 0 Å². The summed E-state index contributed by atoms with van der Waals surface area (Å²) in [6.07, 6.45) is 0. The molecule has 0 aliphatic heterocycles. The minimum atomic E-state index is 0.619. The molecule has 0 aliphatic rings. The van der Waals surface area contributed by atoms with E-state index in [-0.39, 0.29) is 0 Å². The third kappa shape index (κ3) is 4.17. The molecule has 0 radical (unpaired) electrons. The molecule has 0 heterocycles. The van der Waals surface area contributed by atoms with Crippen LogP contribution in [0.2, 0.25) is 5.02 Å². The summed E-state index contributed by atoms with van der Waals surface area (Å²) < 4.78 is 5.70. The molecule has 0 saturated carbocycles. The SMILES string of the molecule is Cc1cc(C)cc(NCCOc2ccc(Cl)c(C)c2)c1. The molecular weight excluding hydrogens is 270 g/mol. The van der Waals surface area contributed by atoms with Crippen LogP contribution >= 0.6 is 11.6 Å². The maximum Gasteiger partial charge on any atom is 0.119 e. The number of anilines is 1. The molecule has 0 unspecified atom stereocenters. The lowest BCUT2D eigenvalue weighted by molar-refractivity contribution is 0.332. The third-order valence-corrected chi connectivity index (χ3v) is 3.48. The number of nitrogens with one attached hydrogen (secondary N) is 1. The van der Waals surface area contributed by atoms with Gasteiger partial charge in [0, 0.05) is 17.3 Å². The van der Waals surface area contributed by atoms with Gasteiger partial charge in [0.15, 0.2) is 0 Å². The molecule has 2 rings (SSSR count). The van der Waals surface area contributed by atoms with E-state index in [9.17, 15) is 0 Å². The lowest BCUT2D eigenvalue weighted by Crippen LogP contribution is -2.11. The maximum absolute atomic E-state index is 5.98. The number of ether oxygens (including phenoxy) is 1. The van der Waals surface area contributed by atoms with Gasteiger partial charge in [-0.1, -0.05) is 17.7 Å². The monoisotopic (exact) mass is 289 g/mol. The topological polar surface area (TPSA) is 21.3 Å². The number of hydrogen-bond acceptors (Lipinski definition) is 2. The van der Waals surface area contributed by atoms with E-state index in [4.69, 9.17) is 16.3 Å². The summed E-state index contributed by atoms with van der Waals surface area (Å²) in [6, 6.07) is 12.2. The highest BCUT2D eigenvalue weighted by atomic mass is 35.5. The fourth-order valence-corrected chi connectivity index (χ4v) is 2.27. The van der Waals surface area contributed by atoms with E-state index >= 15 is 0 Å². The molecule has 0 fully saturated rings. The van der Waals surface area contributed by atoms with Crippen LogP contribution in [-0.2, 0) is 0 Å². The standard InChI is InChI=1S/C17H20ClNO/c1-12-8-13(2)10-15(9-12)19-6-7-20-16-4-5-17(18)14(3)11-16/h4-5,8-11,19H,6-7H2,1-3H3. The lowest BCUT2D eigenvalue weighted by atomic mass is 10.1. The van der Waals surface area contributed by atoms with E-state index < -0.39 is 0 Å². The number of halogens is 1. The Labute approximate surface area is 125 Å². The van der Waals surface area contributed by atoms with Crippen molar-refractivity contribution in [2.45, 2.75) is 20.8 Å². The van der Waals surface area contributed by atoms with E-state index in [1.807, 2.05) is 25.1 Å². The van der Waals surface area contributed by atoms with Crippen LogP contribution in [0.15, 0.2) is 36.4 Å². The second kappa shape index (κ2) is 6.67. The fourth-order valence-electron chi connectivity index (χ4n) is 2.15. The van der Waals surface area contributed by atoms with E-state index in [1.165, 1.54) is 11.1 Å². The molecular formula is C17H20ClNO. The number of benzene rings is 2. The van der Waals surface area contributed by atoms with Crippen LogP contribution < -0.4 is 10.1 Å². The highest BCUT2D eigenvalue weighted by Crippen LogP contribution is 2.21. The van der Waals surface area contributed by atoms with Crippen molar-refractivity contribution in [1.82, 2.24) is 0 Å². The molecule has 0 spiro atoms. The van der Waals surface area contributed by atoms with Gasteiger partial charge in [0.05, 0.1) is 0 Å². The van der Waals surface area contributed by atoms with Gasteiger partial charge in [0.25, 0.3) is 0 Å². The smallest absolute Gasteiger partial charge is 0.119 e. The summed E-state index contributed by atoms with van der Waals surface area (Å²) in [6.45, 7) is 7.57. The number of rotatable bonds is 5. The Bertz CT molecular complexity index is 575. The van der Waals surface area contributed by atoms with Crippen LogP contribution in [0.4, 0.5) is 5.69 Å². The Morgan fingerprint density at radius 1 is 1.00 bits per heavy atom. The van der Waals surface area contributed by atoms with Crippen molar-refractivity contribution in [3.8, 4) is 5.75 Å². The molecule has 2 nitrogen and oxygen atoms in total. The van der Waals surface area contributed by atoms with Gasteiger partial charge in [-0.2, -0.15) is 0 Å². The van der Waals surface area contributed by atoms with Crippen molar-refractivity contribution in [2.75, 3.05) is 18.5 Å². The Hall–Kier alpha value is -1.67. The first-order valence-corrected chi connectivity index (χ1v) is 7.13. The second-order valence-corrected chi connectivity index (χ2v) is 5.47. The van der Waals surface area contributed by atoms with E-state index in [0.717, 1.165) is 28.6 Å². The van der Waals surface area contributed by atoms with Crippen LogP contribution in [-0.4, -0.2) is 13.2 Å².